The molecule has 1 aromatic carbocycles. The highest BCUT2D eigenvalue weighted by Gasteiger charge is 2.27. The van der Waals surface area contributed by atoms with Crippen molar-refractivity contribution in [3.05, 3.63) is 29.8 Å². The molecule has 1 aliphatic rings. The Hall–Kier alpha value is -2.04. The summed E-state index contributed by atoms with van der Waals surface area (Å²) < 4.78 is 5.40. The van der Waals surface area contributed by atoms with E-state index in [0.29, 0.717) is 44.8 Å². The van der Waals surface area contributed by atoms with Crippen molar-refractivity contribution in [2.45, 2.75) is 34.1 Å². The van der Waals surface area contributed by atoms with Crippen molar-refractivity contribution in [2.75, 3.05) is 32.8 Å². The average Bonchev–Trinajstić information content (AvgIpc) is 2.54. The molecule has 1 aromatic rings. The Balaban J connectivity index is 1.89. The fourth-order valence-electron chi connectivity index (χ4n) is 2.77. The Morgan fingerprint density at radius 1 is 1.00 bits per heavy atom. The smallest absolute Gasteiger partial charge is 0.253 e. The summed E-state index contributed by atoms with van der Waals surface area (Å²) in [5, 5.41) is 0. The van der Waals surface area contributed by atoms with Crippen molar-refractivity contribution in [3.8, 4) is 5.75 Å². The number of carbonyl (C=O) groups is 2. The molecule has 2 rings (SSSR count). The highest BCUT2D eigenvalue weighted by atomic mass is 16.5. The number of carbonyl (C=O) groups excluding carboxylic acids is 2. The van der Waals surface area contributed by atoms with Crippen LogP contribution in [0.5, 0.6) is 5.75 Å². The molecule has 0 spiro atoms. The van der Waals surface area contributed by atoms with Crippen LogP contribution in [0.15, 0.2) is 24.3 Å². The fraction of sp³-hybridized carbons (Fsp3) is 0.579. The summed E-state index contributed by atoms with van der Waals surface area (Å²) in [5.74, 6) is 0.961. The molecule has 0 radical (unpaired) electrons. The molecule has 0 N–H and O–H groups in total. The van der Waals surface area contributed by atoms with Gasteiger partial charge in [0.2, 0.25) is 5.91 Å². The first-order valence-corrected chi connectivity index (χ1v) is 8.60. The largest absolute Gasteiger partial charge is 0.494 e. The lowest BCUT2D eigenvalue weighted by Gasteiger charge is -2.36. The van der Waals surface area contributed by atoms with E-state index in [0.717, 1.165) is 5.75 Å². The van der Waals surface area contributed by atoms with Crippen molar-refractivity contribution in [1.82, 2.24) is 9.80 Å². The normalized spacial score (nSPS) is 15.3. The van der Waals surface area contributed by atoms with E-state index < -0.39 is 0 Å². The van der Waals surface area contributed by atoms with E-state index in [-0.39, 0.29) is 17.2 Å². The van der Waals surface area contributed by atoms with Crippen LogP contribution in [0.2, 0.25) is 0 Å². The van der Waals surface area contributed by atoms with Gasteiger partial charge in [-0.2, -0.15) is 0 Å². The van der Waals surface area contributed by atoms with Crippen molar-refractivity contribution in [3.63, 3.8) is 0 Å². The maximum atomic E-state index is 12.6. The van der Waals surface area contributed by atoms with E-state index in [1.54, 1.807) is 12.1 Å². The Morgan fingerprint density at radius 2 is 1.54 bits per heavy atom. The molecule has 24 heavy (non-hydrogen) atoms. The molecule has 0 saturated carbocycles. The van der Waals surface area contributed by atoms with E-state index in [9.17, 15) is 9.59 Å². The lowest BCUT2D eigenvalue weighted by atomic mass is 9.91. The maximum Gasteiger partial charge on any atom is 0.253 e. The van der Waals surface area contributed by atoms with Gasteiger partial charge < -0.3 is 14.5 Å². The molecular formula is C19H28N2O3. The van der Waals surface area contributed by atoms with E-state index in [2.05, 4.69) is 20.8 Å². The number of hydrogen-bond acceptors (Lipinski definition) is 3. The molecule has 0 atom stereocenters. The number of amides is 2. The molecule has 1 heterocycles. The minimum absolute atomic E-state index is 0.00760. The number of nitrogens with zero attached hydrogens (tertiary/aromatic N) is 2. The van der Waals surface area contributed by atoms with Crippen molar-refractivity contribution < 1.29 is 14.3 Å². The van der Waals surface area contributed by atoms with Gasteiger partial charge in [-0.05, 0) is 36.6 Å². The van der Waals surface area contributed by atoms with Gasteiger partial charge in [0.15, 0.2) is 0 Å². The van der Waals surface area contributed by atoms with Crippen molar-refractivity contribution in [1.29, 1.82) is 0 Å². The van der Waals surface area contributed by atoms with Gasteiger partial charge in [0.25, 0.3) is 5.91 Å². The molecule has 0 bridgehead atoms. The summed E-state index contributed by atoms with van der Waals surface area (Å²) in [7, 11) is 0. The van der Waals surface area contributed by atoms with Crippen LogP contribution in [0.3, 0.4) is 0 Å². The molecule has 5 heteroatoms. The summed E-state index contributed by atoms with van der Waals surface area (Å²) in [5.41, 5.74) is 0.653. The molecule has 5 nitrogen and oxygen atoms in total. The quantitative estimate of drug-likeness (QED) is 0.852. The summed E-state index contributed by atoms with van der Waals surface area (Å²) in [6.45, 7) is 11.1. The van der Waals surface area contributed by atoms with Gasteiger partial charge >= 0.3 is 0 Å². The Bertz CT molecular complexity index is 567. The second kappa shape index (κ2) is 7.69. The highest BCUT2D eigenvalue weighted by Crippen LogP contribution is 2.21. The molecule has 0 aliphatic carbocycles. The highest BCUT2D eigenvalue weighted by molar-refractivity contribution is 5.94. The fourth-order valence-corrected chi connectivity index (χ4v) is 2.77. The van der Waals surface area contributed by atoms with Crippen LogP contribution < -0.4 is 4.74 Å². The number of rotatable bonds is 4. The van der Waals surface area contributed by atoms with Gasteiger partial charge in [0, 0.05) is 38.2 Å². The van der Waals surface area contributed by atoms with Crippen LogP contribution in [0, 0.1) is 5.41 Å². The Labute approximate surface area is 144 Å². The molecule has 0 aromatic heterocycles. The van der Waals surface area contributed by atoms with E-state index in [1.807, 2.05) is 28.9 Å². The Kier molecular flexibility index (Phi) is 5.86. The predicted molar refractivity (Wildman–Crippen MR) is 94.2 cm³/mol. The lowest BCUT2D eigenvalue weighted by molar-refractivity contribution is -0.134. The first-order valence-electron chi connectivity index (χ1n) is 8.60. The zero-order valence-electron chi connectivity index (χ0n) is 15.2. The van der Waals surface area contributed by atoms with Crippen LogP contribution in [-0.4, -0.2) is 54.4 Å². The number of ether oxygens (including phenoxy) is 1. The molecule has 132 valence electrons. The number of piperazine rings is 1. The first-order chi connectivity index (χ1) is 11.3. The zero-order chi connectivity index (χ0) is 17.7. The second-order valence-electron chi connectivity index (χ2n) is 7.37. The SMILES string of the molecule is CCOc1ccc(C(=O)N2CCN(C(=O)CC(C)(C)C)CC2)cc1. The zero-order valence-corrected chi connectivity index (χ0v) is 15.2. The summed E-state index contributed by atoms with van der Waals surface area (Å²) in [4.78, 5) is 28.5. The van der Waals surface area contributed by atoms with Gasteiger partial charge in [0.1, 0.15) is 5.75 Å². The van der Waals surface area contributed by atoms with Gasteiger partial charge in [-0.3, -0.25) is 9.59 Å². The third-order valence-electron chi connectivity index (χ3n) is 4.01. The molecule has 0 unspecified atom stereocenters. The van der Waals surface area contributed by atoms with Gasteiger partial charge in [-0.25, -0.2) is 0 Å². The second-order valence-corrected chi connectivity index (χ2v) is 7.37. The summed E-state index contributed by atoms with van der Waals surface area (Å²) >= 11 is 0. The molecular weight excluding hydrogens is 304 g/mol. The van der Waals surface area contributed by atoms with Crippen LogP contribution >= 0.6 is 0 Å². The topological polar surface area (TPSA) is 49.9 Å². The predicted octanol–water partition coefficient (Wildman–Crippen LogP) is 2.81. The standard InChI is InChI=1S/C19H28N2O3/c1-5-24-16-8-6-15(7-9-16)18(23)21-12-10-20(11-13-21)17(22)14-19(2,3)4/h6-9H,5,10-14H2,1-4H3. The van der Waals surface area contributed by atoms with Gasteiger partial charge in [-0.15, -0.1) is 0 Å². The first kappa shape index (κ1) is 18.3. The van der Waals surface area contributed by atoms with Crippen LogP contribution in [-0.2, 0) is 4.79 Å². The summed E-state index contributed by atoms with van der Waals surface area (Å²) in [6.07, 6.45) is 0.542. The van der Waals surface area contributed by atoms with Crippen LogP contribution in [0.25, 0.3) is 0 Å². The van der Waals surface area contributed by atoms with E-state index in [1.165, 1.54) is 0 Å². The monoisotopic (exact) mass is 332 g/mol. The third kappa shape index (κ3) is 4.98. The molecule has 1 aliphatic heterocycles. The lowest BCUT2D eigenvalue weighted by Crippen LogP contribution is -2.51. The third-order valence-corrected chi connectivity index (χ3v) is 4.01. The maximum absolute atomic E-state index is 12.6. The molecule has 1 fully saturated rings. The molecule has 1 saturated heterocycles. The number of benzene rings is 1. The minimum atomic E-state index is -0.00760. The van der Waals surface area contributed by atoms with Crippen molar-refractivity contribution in [2.24, 2.45) is 5.41 Å². The molecule has 2 amide bonds. The van der Waals surface area contributed by atoms with Crippen molar-refractivity contribution >= 4 is 11.8 Å². The van der Waals surface area contributed by atoms with Crippen LogP contribution in [0.1, 0.15) is 44.5 Å². The minimum Gasteiger partial charge on any atom is -0.494 e. The average molecular weight is 332 g/mol. The van der Waals surface area contributed by atoms with E-state index in [4.69, 9.17) is 4.74 Å². The Morgan fingerprint density at radius 3 is 2.04 bits per heavy atom. The van der Waals surface area contributed by atoms with E-state index >= 15 is 0 Å². The number of hydrogen-bond donors (Lipinski definition) is 0. The van der Waals surface area contributed by atoms with Gasteiger partial charge in [-0.1, -0.05) is 20.8 Å². The van der Waals surface area contributed by atoms with Gasteiger partial charge in [0.05, 0.1) is 6.61 Å². The van der Waals surface area contributed by atoms with Crippen LogP contribution in [0.4, 0.5) is 0 Å². The summed E-state index contributed by atoms with van der Waals surface area (Å²) in [6, 6.07) is 7.23.